The zero-order valence-electron chi connectivity index (χ0n) is 11.0. The fraction of sp³-hybridized carbons (Fsp3) is 0.429. The molecule has 1 aromatic carbocycles. The van der Waals surface area contributed by atoms with Gasteiger partial charge in [-0.2, -0.15) is 4.99 Å². The van der Waals surface area contributed by atoms with E-state index in [9.17, 15) is 4.79 Å². The van der Waals surface area contributed by atoms with Crippen LogP contribution in [0.4, 0.5) is 4.79 Å². The Labute approximate surface area is 117 Å². The van der Waals surface area contributed by atoms with Crippen molar-refractivity contribution in [2.24, 2.45) is 10.7 Å². The Morgan fingerprint density at radius 2 is 2.21 bits per heavy atom. The Balaban J connectivity index is 2.20. The fourth-order valence-corrected chi connectivity index (χ4v) is 3.53. The molecule has 1 unspecified atom stereocenters. The summed E-state index contributed by atoms with van der Waals surface area (Å²) < 4.78 is 0. The molecule has 1 aromatic rings. The van der Waals surface area contributed by atoms with Gasteiger partial charge in [0.1, 0.15) is 11.4 Å². The summed E-state index contributed by atoms with van der Waals surface area (Å²) in [6, 6.07) is 5.60. The van der Waals surface area contributed by atoms with Gasteiger partial charge in [-0.25, -0.2) is 4.79 Å². The van der Waals surface area contributed by atoms with E-state index in [0.29, 0.717) is 10.9 Å². The number of nitrogens with two attached hydrogens (primary N) is 1. The Morgan fingerprint density at radius 1 is 1.47 bits per heavy atom. The van der Waals surface area contributed by atoms with E-state index in [-0.39, 0.29) is 12.1 Å². The molecule has 100 valence electrons. The largest absolute Gasteiger partial charge is 0.385 e. The van der Waals surface area contributed by atoms with Crippen molar-refractivity contribution < 1.29 is 4.79 Å². The Hall–Kier alpha value is -1.55. The van der Waals surface area contributed by atoms with E-state index >= 15 is 0 Å². The minimum atomic E-state index is -0.564. The van der Waals surface area contributed by atoms with Gasteiger partial charge >= 0.3 is 6.03 Å². The molecule has 0 radical (unpaired) electrons. The van der Waals surface area contributed by atoms with Gasteiger partial charge in [-0.3, -0.25) is 0 Å². The van der Waals surface area contributed by atoms with Crippen molar-refractivity contribution in [1.82, 2.24) is 4.90 Å². The molecule has 0 saturated carbocycles. The molecule has 1 spiro atoms. The van der Waals surface area contributed by atoms with Crippen LogP contribution in [-0.2, 0) is 12.0 Å². The maximum atomic E-state index is 12.1. The SMILES string of the molecule is CC(C)N1C(=O)N=C(N)C12CCc1cc(Cl)ccc12. The average molecular weight is 278 g/mol. The minimum Gasteiger partial charge on any atom is -0.385 e. The number of hydrogen-bond acceptors (Lipinski definition) is 2. The monoisotopic (exact) mass is 277 g/mol. The van der Waals surface area contributed by atoms with Crippen LogP contribution >= 0.6 is 11.6 Å². The van der Waals surface area contributed by atoms with Crippen LogP contribution in [0.25, 0.3) is 0 Å². The van der Waals surface area contributed by atoms with Gasteiger partial charge in [0.05, 0.1) is 0 Å². The molecule has 4 nitrogen and oxygen atoms in total. The van der Waals surface area contributed by atoms with Crippen LogP contribution in [-0.4, -0.2) is 22.8 Å². The first-order valence-corrected chi connectivity index (χ1v) is 6.81. The lowest BCUT2D eigenvalue weighted by atomic mass is 9.88. The smallest absolute Gasteiger partial charge is 0.346 e. The van der Waals surface area contributed by atoms with E-state index in [1.165, 1.54) is 0 Å². The Morgan fingerprint density at radius 3 is 2.89 bits per heavy atom. The van der Waals surface area contributed by atoms with E-state index in [4.69, 9.17) is 17.3 Å². The molecule has 3 rings (SSSR count). The fourth-order valence-electron chi connectivity index (χ4n) is 3.34. The summed E-state index contributed by atoms with van der Waals surface area (Å²) in [6.45, 7) is 3.98. The van der Waals surface area contributed by atoms with E-state index in [0.717, 1.165) is 24.0 Å². The van der Waals surface area contributed by atoms with E-state index in [2.05, 4.69) is 4.99 Å². The number of carbonyl (C=O) groups excluding carboxylic acids is 1. The summed E-state index contributed by atoms with van der Waals surface area (Å²) in [5, 5.41) is 0.715. The molecule has 1 aliphatic heterocycles. The second kappa shape index (κ2) is 3.97. The lowest BCUT2D eigenvalue weighted by Gasteiger charge is -2.38. The number of amidine groups is 1. The third kappa shape index (κ3) is 1.53. The van der Waals surface area contributed by atoms with Gasteiger partial charge in [-0.05, 0) is 49.9 Å². The molecule has 0 bridgehead atoms. The summed E-state index contributed by atoms with van der Waals surface area (Å²) in [6.07, 6.45) is 1.64. The standard InChI is InChI=1S/C14H16ClN3O/c1-8(2)18-13(19)17-12(16)14(18)6-5-9-7-10(15)3-4-11(9)14/h3-4,7-8H,5-6H2,1-2H3,(H2,16,17,19). The highest BCUT2D eigenvalue weighted by Gasteiger charge is 2.53. The number of aryl methyl sites for hydroxylation is 1. The van der Waals surface area contributed by atoms with E-state index < -0.39 is 5.54 Å². The van der Waals surface area contributed by atoms with Gasteiger partial charge < -0.3 is 10.6 Å². The van der Waals surface area contributed by atoms with Gasteiger partial charge in [0.15, 0.2) is 0 Å². The number of hydrogen-bond donors (Lipinski definition) is 1. The molecule has 1 heterocycles. The molecule has 5 heteroatoms. The summed E-state index contributed by atoms with van der Waals surface area (Å²) in [7, 11) is 0. The highest BCUT2D eigenvalue weighted by Crippen LogP contribution is 2.46. The Kier molecular flexibility index (Phi) is 2.61. The first-order chi connectivity index (χ1) is 8.96. The minimum absolute atomic E-state index is 0.0546. The highest BCUT2D eigenvalue weighted by atomic mass is 35.5. The van der Waals surface area contributed by atoms with Crippen LogP contribution in [0.5, 0.6) is 0 Å². The number of carbonyl (C=O) groups is 1. The normalized spacial score (nSPS) is 25.4. The van der Waals surface area contributed by atoms with Gasteiger partial charge in [0.2, 0.25) is 0 Å². The molecule has 0 fully saturated rings. The molecule has 0 aromatic heterocycles. The van der Waals surface area contributed by atoms with Crippen molar-refractivity contribution in [1.29, 1.82) is 0 Å². The third-order valence-corrected chi connectivity index (χ3v) is 4.28. The number of fused-ring (bicyclic) bond motifs is 2. The first kappa shape index (κ1) is 12.5. The molecule has 0 saturated heterocycles. The van der Waals surface area contributed by atoms with Crippen LogP contribution in [0, 0.1) is 0 Å². The molecule has 2 aliphatic rings. The molecule has 1 aliphatic carbocycles. The zero-order valence-corrected chi connectivity index (χ0v) is 11.7. The number of amides is 2. The molecule has 1 atom stereocenters. The number of aliphatic imine (C=N–C) groups is 1. The van der Waals surface area contributed by atoms with Gasteiger partial charge in [0.25, 0.3) is 0 Å². The van der Waals surface area contributed by atoms with Crippen molar-refractivity contribution in [2.75, 3.05) is 0 Å². The van der Waals surface area contributed by atoms with E-state index in [1.807, 2.05) is 32.0 Å². The summed E-state index contributed by atoms with van der Waals surface area (Å²) in [5.74, 6) is 0.410. The lowest BCUT2D eigenvalue weighted by Crippen LogP contribution is -2.52. The van der Waals surface area contributed by atoms with Gasteiger partial charge in [-0.1, -0.05) is 17.7 Å². The first-order valence-electron chi connectivity index (χ1n) is 6.43. The number of urea groups is 1. The van der Waals surface area contributed by atoms with Crippen LogP contribution < -0.4 is 5.73 Å². The second-order valence-corrected chi connectivity index (χ2v) is 5.84. The summed E-state index contributed by atoms with van der Waals surface area (Å²) in [4.78, 5) is 17.9. The molecular weight excluding hydrogens is 262 g/mol. The Bertz CT molecular complexity index is 596. The van der Waals surface area contributed by atoms with Crippen LogP contribution in [0.15, 0.2) is 23.2 Å². The maximum absolute atomic E-state index is 12.1. The molecule has 2 amide bonds. The average Bonchev–Trinajstić information content (AvgIpc) is 2.80. The molecule has 19 heavy (non-hydrogen) atoms. The van der Waals surface area contributed by atoms with Gasteiger partial charge in [0, 0.05) is 11.1 Å². The van der Waals surface area contributed by atoms with Crippen molar-refractivity contribution in [2.45, 2.75) is 38.3 Å². The van der Waals surface area contributed by atoms with Crippen LogP contribution in [0.3, 0.4) is 0 Å². The summed E-state index contributed by atoms with van der Waals surface area (Å²) in [5.41, 5.74) is 7.76. The maximum Gasteiger partial charge on any atom is 0.346 e. The number of nitrogens with zero attached hydrogens (tertiary/aromatic N) is 2. The van der Waals surface area contributed by atoms with Crippen molar-refractivity contribution in [3.05, 3.63) is 34.3 Å². The predicted molar refractivity (Wildman–Crippen MR) is 75.4 cm³/mol. The molecule has 2 N–H and O–H groups in total. The topological polar surface area (TPSA) is 58.7 Å². The van der Waals surface area contributed by atoms with Crippen molar-refractivity contribution in [3.63, 3.8) is 0 Å². The molecular formula is C14H16ClN3O. The quantitative estimate of drug-likeness (QED) is 0.858. The number of benzene rings is 1. The lowest BCUT2D eigenvalue weighted by molar-refractivity contribution is 0.146. The van der Waals surface area contributed by atoms with Crippen molar-refractivity contribution in [3.8, 4) is 0 Å². The van der Waals surface area contributed by atoms with Crippen LogP contribution in [0.2, 0.25) is 5.02 Å². The van der Waals surface area contributed by atoms with Gasteiger partial charge in [-0.15, -0.1) is 0 Å². The predicted octanol–water partition coefficient (Wildman–Crippen LogP) is 2.68. The van der Waals surface area contributed by atoms with Crippen LogP contribution in [0.1, 0.15) is 31.4 Å². The zero-order chi connectivity index (χ0) is 13.8. The number of rotatable bonds is 1. The van der Waals surface area contributed by atoms with Crippen molar-refractivity contribution >= 4 is 23.5 Å². The second-order valence-electron chi connectivity index (χ2n) is 5.41. The highest BCUT2D eigenvalue weighted by molar-refractivity contribution is 6.30. The number of halogens is 1. The van der Waals surface area contributed by atoms with E-state index in [1.54, 1.807) is 4.90 Å². The summed E-state index contributed by atoms with van der Waals surface area (Å²) >= 11 is 6.04. The third-order valence-electron chi connectivity index (χ3n) is 4.04.